The third kappa shape index (κ3) is 5.69. The number of nitrogens with one attached hydrogen (secondary N) is 2. The minimum atomic E-state index is 0.356. The fourth-order valence-electron chi connectivity index (χ4n) is 7.10. The van der Waals surface area contributed by atoms with Crippen molar-refractivity contribution in [3.05, 3.63) is 188 Å². The number of hydrogen-bond acceptors (Lipinski definition) is 4. The van der Waals surface area contributed by atoms with E-state index in [0.717, 1.165) is 44.4 Å². The Hall–Kier alpha value is -6.91. The van der Waals surface area contributed by atoms with E-state index in [1.54, 1.807) is 0 Å². The third-order valence-electron chi connectivity index (χ3n) is 9.59. The molecule has 1 heterocycles. The predicted octanol–water partition coefficient (Wildman–Crippen LogP) is 12.0. The van der Waals surface area contributed by atoms with Crippen LogP contribution in [0.15, 0.2) is 187 Å². The lowest BCUT2D eigenvalue weighted by Crippen LogP contribution is -2.13. The molecule has 0 fully saturated rings. The number of fused-ring (bicyclic) bond motifs is 3. The lowest BCUT2D eigenvalue weighted by atomic mass is 9.85. The zero-order valence-electron chi connectivity index (χ0n) is 27.7. The normalized spacial score (nSPS) is 13.6. The highest BCUT2D eigenvalue weighted by Gasteiger charge is 2.17. The molecule has 51 heavy (non-hydrogen) atoms. The standard InChI is InChI=1S/C47H32N4/c48-43-26-23-34(29-45(43)51-50-38-24-21-31(22-25-38)37-28-35-13-4-9-20-44(35)49-30-37)33-14-10-15-36(27-33)47-41-18-7-5-16-39(41)46(32-11-2-1-3-12-32)40-17-6-8-19-42(40)47/h1-30,48,50H. The fourth-order valence-corrected chi connectivity index (χ4v) is 7.10. The van der Waals surface area contributed by atoms with Crippen LogP contribution in [0.5, 0.6) is 0 Å². The molecule has 0 saturated carbocycles. The first kappa shape index (κ1) is 30.2. The molecule has 1 aromatic heterocycles. The molecule has 0 radical (unpaired) electrons. The van der Waals surface area contributed by atoms with Crippen LogP contribution in [0, 0.1) is 5.41 Å². The predicted molar refractivity (Wildman–Crippen MR) is 215 cm³/mol. The van der Waals surface area contributed by atoms with E-state index in [-0.39, 0.29) is 0 Å². The first-order valence-corrected chi connectivity index (χ1v) is 17.1. The van der Waals surface area contributed by atoms with Gasteiger partial charge in [0.25, 0.3) is 0 Å². The molecule has 0 bridgehead atoms. The van der Waals surface area contributed by atoms with Crippen LogP contribution < -0.4 is 5.43 Å². The largest absolute Gasteiger partial charge is 0.299 e. The lowest BCUT2D eigenvalue weighted by molar-refractivity contribution is 1.34. The van der Waals surface area contributed by atoms with Gasteiger partial charge in [-0.15, -0.1) is 0 Å². The van der Waals surface area contributed by atoms with E-state index in [1.807, 2.05) is 54.8 Å². The monoisotopic (exact) mass is 652 g/mol. The molecule has 0 amide bonds. The summed E-state index contributed by atoms with van der Waals surface area (Å²) in [4.78, 5) is 4.61. The van der Waals surface area contributed by atoms with Crippen LogP contribution in [-0.4, -0.2) is 16.4 Å². The molecule has 9 rings (SSSR count). The maximum Gasteiger partial charge on any atom is 0.109 e. The number of hydrogen-bond donors (Lipinski definition) is 2. The number of pyridine rings is 1. The second-order valence-electron chi connectivity index (χ2n) is 12.7. The van der Waals surface area contributed by atoms with Crippen molar-refractivity contribution in [2.24, 2.45) is 5.10 Å². The quantitative estimate of drug-likeness (QED) is 0.107. The van der Waals surface area contributed by atoms with Gasteiger partial charge in [0.1, 0.15) is 5.71 Å². The van der Waals surface area contributed by atoms with Gasteiger partial charge in [0.15, 0.2) is 0 Å². The lowest BCUT2D eigenvalue weighted by Gasteiger charge is -2.18. The third-order valence-corrected chi connectivity index (χ3v) is 9.59. The molecule has 0 saturated heterocycles. The first-order valence-electron chi connectivity index (χ1n) is 17.1. The number of hydrazone groups is 1. The topological polar surface area (TPSA) is 61.1 Å². The smallest absolute Gasteiger partial charge is 0.109 e. The molecule has 0 atom stereocenters. The summed E-state index contributed by atoms with van der Waals surface area (Å²) in [5.74, 6) is 0. The molecule has 4 heteroatoms. The molecule has 0 unspecified atom stereocenters. The zero-order valence-corrected chi connectivity index (χ0v) is 27.7. The van der Waals surface area contributed by atoms with Gasteiger partial charge in [0.2, 0.25) is 0 Å². The van der Waals surface area contributed by atoms with Crippen LogP contribution >= 0.6 is 0 Å². The summed E-state index contributed by atoms with van der Waals surface area (Å²) < 4.78 is 0. The average molecular weight is 653 g/mol. The summed E-state index contributed by atoms with van der Waals surface area (Å²) in [6.07, 6.45) is 7.71. The summed E-state index contributed by atoms with van der Waals surface area (Å²) in [5.41, 5.74) is 15.0. The highest BCUT2D eigenvalue weighted by Crippen LogP contribution is 2.44. The van der Waals surface area contributed by atoms with E-state index in [9.17, 15) is 0 Å². The van der Waals surface area contributed by atoms with Crippen molar-refractivity contribution in [1.82, 2.24) is 4.98 Å². The number of allylic oxidation sites excluding steroid dienone is 4. The van der Waals surface area contributed by atoms with Crippen molar-refractivity contribution in [2.45, 2.75) is 0 Å². The van der Waals surface area contributed by atoms with E-state index >= 15 is 0 Å². The van der Waals surface area contributed by atoms with Crippen molar-refractivity contribution >= 4 is 55.1 Å². The van der Waals surface area contributed by atoms with E-state index < -0.39 is 0 Å². The van der Waals surface area contributed by atoms with Crippen LogP contribution in [0.3, 0.4) is 0 Å². The number of aromatic nitrogens is 1. The van der Waals surface area contributed by atoms with Gasteiger partial charge in [-0.05, 0) is 103 Å². The minimum Gasteiger partial charge on any atom is -0.299 e. The molecule has 4 nitrogen and oxygen atoms in total. The Morgan fingerprint density at radius 2 is 1.10 bits per heavy atom. The molecule has 0 aliphatic heterocycles. The van der Waals surface area contributed by atoms with Crippen molar-refractivity contribution in [2.75, 3.05) is 5.43 Å². The Labute approximate surface area is 296 Å². The zero-order chi connectivity index (χ0) is 34.1. The Balaban J connectivity index is 1.05. The van der Waals surface area contributed by atoms with Gasteiger partial charge >= 0.3 is 0 Å². The molecule has 7 aromatic carbocycles. The molecule has 8 aromatic rings. The van der Waals surface area contributed by atoms with E-state index in [4.69, 9.17) is 5.41 Å². The van der Waals surface area contributed by atoms with E-state index in [0.29, 0.717) is 11.4 Å². The summed E-state index contributed by atoms with van der Waals surface area (Å²) in [5, 5.41) is 19.3. The molecule has 1 aliphatic carbocycles. The molecule has 0 spiro atoms. The number of rotatable bonds is 6. The number of anilines is 1. The van der Waals surface area contributed by atoms with Gasteiger partial charge in [-0.25, -0.2) is 0 Å². The number of para-hydroxylation sites is 1. The molecular formula is C47H32N4. The van der Waals surface area contributed by atoms with Crippen molar-refractivity contribution < 1.29 is 0 Å². The van der Waals surface area contributed by atoms with Gasteiger partial charge in [0, 0.05) is 17.1 Å². The van der Waals surface area contributed by atoms with Crippen molar-refractivity contribution in [3.8, 4) is 33.4 Å². The van der Waals surface area contributed by atoms with Gasteiger partial charge in [0.05, 0.1) is 16.9 Å². The fraction of sp³-hybridized carbons (Fsp3) is 0. The van der Waals surface area contributed by atoms with Crippen LogP contribution in [-0.2, 0) is 0 Å². The molecule has 1 aliphatic rings. The number of nitrogens with zero attached hydrogens (tertiary/aromatic N) is 2. The summed E-state index contributed by atoms with van der Waals surface area (Å²) in [6.45, 7) is 0. The van der Waals surface area contributed by atoms with Crippen molar-refractivity contribution in [3.63, 3.8) is 0 Å². The van der Waals surface area contributed by atoms with Crippen LogP contribution in [0.2, 0.25) is 0 Å². The summed E-state index contributed by atoms with van der Waals surface area (Å²) >= 11 is 0. The summed E-state index contributed by atoms with van der Waals surface area (Å²) in [6, 6.07) is 55.2. The van der Waals surface area contributed by atoms with E-state index in [1.165, 1.54) is 38.2 Å². The maximum atomic E-state index is 8.62. The Kier molecular flexibility index (Phi) is 7.60. The van der Waals surface area contributed by atoms with Gasteiger partial charge in [-0.3, -0.25) is 15.8 Å². The van der Waals surface area contributed by atoms with Gasteiger partial charge in [-0.1, -0.05) is 133 Å². The highest BCUT2D eigenvalue weighted by molar-refractivity contribution is 6.51. The molecule has 240 valence electrons. The van der Waals surface area contributed by atoms with Crippen molar-refractivity contribution in [1.29, 1.82) is 5.41 Å². The average Bonchev–Trinajstić information content (AvgIpc) is 3.20. The van der Waals surface area contributed by atoms with Crippen LogP contribution in [0.25, 0.3) is 71.4 Å². The minimum absolute atomic E-state index is 0.356. The van der Waals surface area contributed by atoms with Gasteiger partial charge in [-0.2, -0.15) is 5.10 Å². The van der Waals surface area contributed by atoms with E-state index in [2.05, 4.69) is 143 Å². The first-order chi connectivity index (χ1) is 25.2. The van der Waals surface area contributed by atoms with Gasteiger partial charge < -0.3 is 0 Å². The summed E-state index contributed by atoms with van der Waals surface area (Å²) in [7, 11) is 0. The second kappa shape index (κ2) is 12.8. The molecule has 2 N–H and O–H groups in total. The second-order valence-corrected chi connectivity index (χ2v) is 12.7. The highest BCUT2D eigenvalue weighted by atomic mass is 15.3. The number of benzene rings is 7. The Bertz CT molecular complexity index is 2660. The van der Waals surface area contributed by atoms with Crippen LogP contribution in [0.4, 0.5) is 5.69 Å². The molecular weight excluding hydrogens is 621 g/mol. The maximum absolute atomic E-state index is 8.62. The SMILES string of the molecule is N=C1C=CC(c2cccc(-c3c4ccccc4c(-c4ccccc4)c4ccccc34)c2)=CC1=NNc1ccc(-c2cnc3ccccc3c2)cc1. The Morgan fingerprint density at radius 3 is 1.82 bits per heavy atom. The van der Waals surface area contributed by atoms with Crippen LogP contribution in [0.1, 0.15) is 5.56 Å². The Morgan fingerprint density at radius 1 is 0.490 bits per heavy atom.